The molecule has 2 aromatic carbocycles. The van der Waals surface area contributed by atoms with E-state index in [1.165, 1.54) is 11.0 Å². The van der Waals surface area contributed by atoms with Crippen molar-refractivity contribution in [3.63, 3.8) is 0 Å². The predicted molar refractivity (Wildman–Crippen MR) is 130 cm³/mol. The summed E-state index contributed by atoms with van der Waals surface area (Å²) in [6.45, 7) is 5.36. The van der Waals surface area contributed by atoms with Gasteiger partial charge in [0.05, 0.1) is 17.9 Å². The van der Waals surface area contributed by atoms with Gasteiger partial charge in [-0.05, 0) is 31.5 Å². The van der Waals surface area contributed by atoms with Crippen molar-refractivity contribution in [3.8, 4) is 0 Å². The molecule has 2 heterocycles. The number of amides is 2. The molecule has 184 valence electrons. The summed E-state index contributed by atoms with van der Waals surface area (Å²) in [5.41, 5.74) is 2.25. The highest BCUT2D eigenvalue weighted by Crippen LogP contribution is 2.37. The largest absolute Gasteiger partial charge is 0.463 e. The summed E-state index contributed by atoms with van der Waals surface area (Å²) >= 11 is 0. The van der Waals surface area contributed by atoms with E-state index < -0.39 is 11.9 Å². The molecule has 8 heteroatoms. The minimum absolute atomic E-state index is 0.0871. The molecule has 35 heavy (non-hydrogen) atoms. The maximum absolute atomic E-state index is 14.1. The van der Waals surface area contributed by atoms with Gasteiger partial charge in [-0.15, -0.1) is 0 Å². The van der Waals surface area contributed by atoms with Crippen LogP contribution in [0.4, 0.5) is 10.1 Å². The second-order valence-corrected chi connectivity index (χ2v) is 8.69. The monoisotopic (exact) mass is 479 g/mol. The number of benzene rings is 2. The van der Waals surface area contributed by atoms with Gasteiger partial charge in [-0.3, -0.25) is 9.59 Å². The highest BCUT2D eigenvalue weighted by atomic mass is 19.1. The molecule has 1 unspecified atom stereocenters. The Morgan fingerprint density at radius 3 is 2.31 bits per heavy atom. The van der Waals surface area contributed by atoms with E-state index >= 15 is 0 Å². The van der Waals surface area contributed by atoms with Crippen molar-refractivity contribution in [2.75, 3.05) is 44.2 Å². The molecule has 1 fully saturated rings. The molecule has 2 aliphatic heterocycles. The van der Waals surface area contributed by atoms with Gasteiger partial charge in [0, 0.05) is 44.2 Å². The van der Waals surface area contributed by atoms with Crippen LogP contribution in [0.5, 0.6) is 0 Å². The number of halogens is 1. The number of rotatable bonds is 6. The number of nitrogens with zero attached hydrogens (tertiary/aromatic N) is 3. The first-order valence-corrected chi connectivity index (χ1v) is 11.9. The van der Waals surface area contributed by atoms with Crippen molar-refractivity contribution < 1.29 is 23.5 Å². The number of hydrogen-bond acceptors (Lipinski definition) is 5. The van der Waals surface area contributed by atoms with Gasteiger partial charge in [0.25, 0.3) is 0 Å². The van der Waals surface area contributed by atoms with Gasteiger partial charge in [-0.25, -0.2) is 9.18 Å². The third-order valence-corrected chi connectivity index (χ3v) is 6.64. The lowest BCUT2D eigenvalue weighted by Crippen LogP contribution is -2.52. The van der Waals surface area contributed by atoms with E-state index in [1.54, 1.807) is 36.9 Å². The summed E-state index contributed by atoms with van der Waals surface area (Å²) in [5, 5.41) is 0. The second kappa shape index (κ2) is 10.7. The number of carbonyl (C=O) groups is 3. The minimum atomic E-state index is -0.470. The fourth-order valence-electron chi connectivity index (χ4n) is 4.79. The molecule has 0 saturated carbocycles. The quantitative estimate of drug-likeness (QED) is 0.595. The molecule has 0 aliphatic carbocycles. The number of hydrogen-bond donors (Lipinski definition) is 0. The Morgan fingerprint density at radius 1 is 1.00 bits per heavy atom. The average Bonchev–Trinajstić information content (AvgIpc) is 2.87. The van der Waals surface area contributed by atoms with E-state index in [2.05, 4.69) is 0 Å². The van der Waals surface area contributed by atoms with Gasteiger partial charge in [-0.2, -0.15) is 0 Å². The average molecular weight is 480 g/mol. The van der Waals surface area contributed by atoms with Crippen LogP contribution in [0.3, 0.4) is 0 Å². The van der Waals surface area contributed by atoms with Crippen molar-refractivity contribution in [1.29, 1.82) is 0 Å². The first-order chi connectivity index (χ1) is 16.9. The summed E-state index contributed by atoms with van der Waals surface area (Å²) in [6, 6.07) is 16.0. The number of allylic oxidation sites excluding steroid dienone is 1. The maximum Gasteiger partial charge on any atom is 0.336 e. The van der Waals surface area contributed by atoms with Crippen molar-refractivity contribution in [1.82, 2.24) is 9.80 Å². The molecule has 0 aromatic heterocycles. The maximum atomic E-state index is 14.1. The molecule has 0 radical (unpaired) electrons. The van der Waals surface area contributed by atoms with Gasteiger partial charge in [0.2, 0.25) is 11.8 Å². The lowest BCUT2D eigenvalue weighted by molar-refractivity contribution is -0.142. The van der Waals surface area contributed by atoms with Crippen LogP contribution < -0.4 is 4.90 Å². The Balaban J connectivity index is 1.49. The molecule has 2 aromatic rings. The molecule has 0 spiro atoms. The number of carbonyl (C=O) groups excluding carboxylic acids is 3. The van der Waals surface area contributed by atoms with Gasteiger partial charge < -0.3 is 19.4 Å². The van der Waals surface area contributed by atoms with Gasteiger partial charge in [0.15, 0.2) is 0 Å². The molecule has 4 rings (SSSR count). The topological polar surface area (TPSA) is 70.2 Å². The zero-order valence-electron chi connectivity index (χ0n) is 20.1. The first-order valence-electron chi connectivity index (χ1n) is 11.9. The van der Waals surface area contributed by atoms with Crippen molar-refractivity contribution >= 4 is 23.5 Å². The fourth-order valence-corrected chi connectivity index (χ4v) is 4.79. The molecule has 7 nitrogen and oxygen atoms in total. The minimum Gasteiger partial charge on any atom is -0.463 e. The molecular weight excluding hydrogens is 449 g/mol. The Hall–Kier alpha value is -3.68. The van der Waals surface area contributed by atoms with Crippen LogP contribution in [0.15, 0.2) is 65.9 Å². The van der Waals surface area contributed by atoms with Crippen LogP contribution in [0.2, 0.25) is 0 Å². The second-order valence-electron chi connectivity index (χ2n) is 8.69. The van der Waals surface area contributed by atoms with Crippen LogP contribution in [0.1, 0.15) is 31.7 Å². The summed E-state index contributed by atoms with van der Waals surface area (Å²) in [4.78, 5) is 44.1. The Kier molecular flexibility index (Phi) is 7.48. The molecule has 2 amide bonds. The summed E-state index contributed by atoms with van der Waals surface area (Å²) < 4.78 is 19.4. The Labute approximate surface area is 204 Å². The highest BCUT2D eigenvalue weighted by molar-refractivity contribution is 5.97. The first kappa shape index (κ1) is 24.4. The van der Waals surface area contributed by atoms with Gasteiger partial charge >= 0.3 is 5.97 Å². The van der Waals surface area contributed by atoms with E-state index in [-0.39, 0.29) is 37.2 Å². The third-order valence-electron chi connectivity index (χ3n) is 6.64. The van der Waals surface area contributed by atoms with E-state index in [0.717, 1.165) is 5.56 Å². The van der Waals surface area contributed by atoms with Crippen LogP contribution in [0.25, 0.3) is 0 Å². The van der Waals surface area contributed by atoms with Crippen LogP contribution in [0, 0.1) is 5.82 Å². The van der Waals surface area contributed by atoms with Crippen LogP contribution in [-0.4, -0.2) is 66.9 Å². The Bertz CT molecular complexity index is 1130. The van der Waals surface area contributed by atoms with Gasteiger partial charge in [0.1, 0.15) is 12.4 Å². The predicted octanol–water partition coefficient (Wildman–Crippen LogP) is 3.33. The lowest BCUT2D eigenvalue weighted by atomic mass is 9.83. The SMILES string of the molecule is CCOC(=O)C1=C(C)N(CC(=O)N2CCN(c3ccccc3F)CC2)C(=O)CC1c1ccccc1. The van der Waals surface area contributed by atoms with E-state index in [4.69, 9.17) is 4.74 Å². The summed E-state index contributed by atoms with van der Waals surface area (Å²) in [5.74, 6) is -1.58. The fraction of sp³-hybridized carbons (Fsp3) is 0.370. The van der Waals surface area contributed by atoms with Gasteiger partial charge in [-0.1, -0.05) is 42.5 Å². The standard InChI is InChI=1S/C27H30FN3O4/c1-3-35-27(34)26-19(2)31(24(32)17-21(26)20-9-5-4-6-10-20)18-25(33)30-15-13-29(14-16-30)23-12-8-7-11-22(23)28/h4-12,21H,3,13-18H2,1-2H3. The molecule has 2 aliphatic rings. The zero-order valence-corrected chi connectivity index (χ0v) is 20.1. The smallest absolute Gasteiger partial charge is 0.336 e. The van der Waals surface area contributed by atoms with Crippen molar-refractivity contribution in [2.45, 2.75) is 26.2 Å². The van der Waals surface area contributed by atoms with Crippen LogP contribution >= 0.6 is 0 Å². The van der Waals surface area contributed by atoms with Crippen molar-refractivity contribution in [2.24, 2.45) is 0 Å². The lowest BCUT2D eigenvalue weighted by Gasteiger charge is -2.38. The van der Waals surface area contributed by atoms with E-state index in [1.807, 2.05) is 35.2 Å². The molecular formula is C27H30FN3O4. The zero-order chi connectivity index (χ0) is 24.9. The number of anilines is 1. The third kappa shape index (κ3) is 5.21. The highest BCUT2D eigenvalue weighted by Gasteiger charge is 2.38. The summed E-state index contributed by atoms with van der Waals surface area (Å²) in [6.07, 6.45) is 0.0871. The number of esters is 1. The number of piperazine rings is 1. The number of para-hydroxylation sites is 1. The van der Waals surface area contributed by atoms with Crippen molar-refractivity contribution in [3.05, 3.63) is 77.2 Å². The van der Waals surface area contributed by atoms with E-state index in [9.17, 15) is 18.8 Å². The summed E-state index contributed by atoms with van der Waals surface area (Å²) in [7, 11) is 0. The van der Waals surface area contributed by atoms with Crippen LogP contribution in [-0.2, 0) is 19.1 Å². The molecule has 0 bridgehead atoms. The molecule has 1 saturated heterocycles. The molecule has 0 N–H and O–H groups in total. The van der Waals surface area contributed by atoms with E-state index in [0.29, 0.717) is 43.1 Å². The molecule has 1 atom stereocenters. The Morgan fingerprint density at radius 2 is 1.66 bits per heavy atom. The number of ether oxygens (including phenoxy) is 1. The normalized spacial score (nSPS) is 18.7.